The molecule has 0 radical (unpaired) electrons. The number of benzene rings is 2. The van der Waals surface area contributed by atoms with Gasteiger partial charge in [-0.15, -0.1) is 0 Å². The minimum absolute atomic E-state index is 0.0809. The van der Waals surface area contributed by atoms with Crippen LogP contribution in [0.3, 0.4) is 0 Å². The average molecular weight is 324 g/mol. The standard InChI is InChI=1S/C20H24N2O2/c1-24-18-10-9-16-13-19(15-6-3-2-4-7-15)22(14-17(16)12-18)20(23)8-5-11-21/h2-4,6-7,9-10,12,19H,5,8,11,13-14,21H2,1H3. The minimum Gasteiger partial charge on any atom is -0.497 e. The second kappa shape index (κ2) is 7.49. The summed E-state index contributed by atoms with van der Waals surface area (Å²) >= 11 is 0. The van der Waals surface area contributed by atoms with Crippen molar-refractivity contribution in [3.8, 4) is 5.75 Å². The molecule has 2 aromatic carbocycles. The van der Waals surface area contributed by atoms with Gasteiger partial charge < -0.3 is 15.4 Å². The molecule has 126 valence electrons. The fourth-order valence-corrected chi connectivity index (χ4v) is 3.32. The maximum absolute atomic E-state index is 12.7. The van der Waals surface area contributed by atoms with Crippen molar-refractivity contribution >= 4 is 5.91 Å². The molecule has 1 unspecified atom stereocenters. The first-order valence-electron chi connectivity index (χ1n) is 8.43. The third-order valence-corrected chi connectivity index (χ3v) is 4.64. The summed E-state index contributed by atoms with van der Waals surface area (Å²) in [6, 6.07) is 16.5. The maximum atomic E-state index is 12.7. The third kappa shape index (κ3) is 3.44. The van der Waals surface area contributed by atoms with E-state index >= 15 is 0 Å². The summed E-state index contributed by atoms with van der Waals surface area (Å²) in [7, 11) is 1.67. The Labute approximate surface area is 143 Å². The average Bonchev–Trinajstić information content (AvgIpc) is 2.65. The highest BCUT2D eigenvalue weighted by molar-refractivity contribution is 5.77. The van der Waals surface area contributed by atoms with Crippen LogP contribution in [0.15, 0.2) is 48.5 Å². The number of hydrogen-bond donors (Lipinski definition) is 1. The number of ether oxygens (including phenoxy) is 1. The Morgan fingerprint density at radius 1 is 1.21 bits per heavy atom. The second-order valence-corrected chi connectivity index (χ2v) is 6.18. The number of nitrogens with zero attached hydrogens (tertiary/aromatic N) is 1. The fourth-order valence-electron chi connectivity index (χ4n) is 3.32. The molecule has 0 aliphatic carbocycles. The highest BCUT2D eigenvalue weighted by Gasteiger charge is 2.30. The molecule has 3 rings (SSSR count). The molecule has 4 nitrogen and oxygen atoms in total. The Kier molecular flexibility index (Phi) is 5.16. The van der Waals surface area contributed by atoms with E-state index in [1.54, 1.807) is 7.11 Å². The first kappa shape index (κ1) is 16.5. The van der Waals surface area contributed by atoms with Crippen LogP contribution in [0.5, 0.6) is 5.75 Å². The number of amides is 1. The zero-order valence-corrected chi connectivity index (χ0v) is 14.1. The van der Waals surface area contributed by atoms with Gasteiger partial charge in [-0.05, 0) is 48.2 Å². The molecule has 1 aliphatic heterocycles. The third-order valence-electron chi connectivity index (χ3n) is 4.64. The van der Waals surface area contributed by atoms with Gasteiger partial charge >= 0.3 is 0 Å². The molecule has 2 aromatic rings. The van der Waals surface area contributed by atoms with Crippen molar-refractivity contribution in [3.05, 3.63) is 65.2 Å². The number of methoxy groups -OCH3 is 1. The number of fused-ring (bicyclic) bond motifs is 1. The Bertz CT molecular complexity index is 700. The summed E-state index contributed by atoms with van der Waals surface area (Å²) in [6.07, 6.45) is 2.05. The van der Waals surface area contributed by atoms with Gasteiger partial charge in [0.25, 0.3) is 0 Å². The van der Waals surface area contributed by atoms with Crippen molar-refractivity contribution in [2.45, 2.75) is 31.8 Å². The predicted octanol–water partition coefficient (Wildman–Crippen LogP) is 3.06. The summed E-state index contributed by atoms with van der Waals surface area (Å²) in [6.45, 7) is 1.16. The molecule has 1 amide bonds. The van der Waals surface area contributed by atoms with Crippen LogP contribution in [-0.2, 0) is 17.8 Å². The fraction of sp³-hybridized carbons (Fsp3) is 0.350. The van der Waals surface area contributed by atoms with Crippen molar-refractivity contribution in [2.24, 2.45) is 5.73 Å². The van der Waals surface area contributed by atoms with Crippen LogP contribution in [0.25, 0.3) is 0 Å². The van der Waals surface area contributed by atoms with Crippen LogP contribution < -0.4 is 10.5 Å². The molecule has 0 spiro atoms. The molecule has 0 bridgehead atoms. The molecule has 1 aliphatic rings. The van der Waals surface area contributed by atoms with Crippen molar-refractivity contribution in [1.29, 1.82) is 0 Å². The lowest BCUT2D eigenvalue weighted by Crippen LogP contribution is -2.39. The van der Waals surface area contributed by atoms with Crippen LogP contribution in [0.2, 0.25) is 0 Å². The predicted molar refractivity (Wildman–Crippen MR) is 94.7 cm³/mol. The maximum Gasteiger partial charge on any atom is 0.223 e. The van der Waals surface area contributed by atoms with E-state index in [0.29, 0.717) is 19.5 Å². The van der Waals surface area contributed by atoms with E-state index in [0.717, 1.165) is 18.6 Å². The van der Waals surface area contributed by atoms with Gasteiger partial charge in [0.05, 0.1) is 13.2 Å². The first-order chi connectivity index (χ1) is 11.7. The van der Waals surface area contributed by atoms with Gasteiger partial charge in [-0.1, -0.05) is 36.4 Å². The molecule has 1 atom stereocenters. The minimum atomic E-state index is 0.0809. The topological polar surface area (TPSA) is 55.6 Å². The van der Waals surface area contributed by atoms with Gasteiger partial charge in [0.2, 0.25) is 5.91 Å². The molecule has 0 saturated heterocycles. The second-order valence-electron chi connectivity index (χ2n) is 6.18. The molecule has 1 heterocycles. The molecule has 4 heteroatoms. The number of carbonyl (C=O) groups is 1. The summed E-state index contributed by atoms with van der Waals surface area (Å²) in [5.41, 5.74) is 9.21. The molecular formula is C20H24N2O2. The first-order valence-corrected chi connectivity index (χ1v) is 8.43. The Hall–Kier alpha value is -2.33. The van der Waals surface area contributed by atoms with Crippen LogP contribution >= 0.6 is 0 Å². The highest BCUT2D eigenvalue weighted by atomic mass is 16.5. The number of hydrogen-bond acceptors (Lipinski definition) is 3. The van der Waals surface area contributed by atoms with Gasteiger partial charge in [-0.2, -0.15) is 0 Å². The molecule has 0 aromatic heterocycles. The van der Waals surface area contributed by atoms with Gasteiger partial charge in [-0.25, -0.2) is 0 Å². The zero-order valence-electron chi connectivity index (χ0n) is 14.1. The summed E-state index contributed by atoms with van der Waals surface area (Å²) in [5, 5.41) is 0. The van der Waals surface area contributed by atoms with Gasteiger partial charge in [0.15, 0.2) is 0 Å². The van der Waals surface area contributed by atoms with Gasteiger partial charge in [0.1, 0.15) is 5.75 Å². The van der Waals surface area contributed by atoms with E-state index < -0.39 is 0 Å². The quantitative estimate of drug-likeness (QED) is 0.919. The van der Waals surface area contributed by atoms with Crippen LogP contribution in [0, 0.1) is 0 Å². The van der Waals surface area contributed by atoms with E-state index in [9.17, 15) is 4.79 Å². The van der Waals surface area contributed by atoms with Crippen molar-refractivity contribution in [1.82, 2.24) is 4.90 Å². The van der Waals surface area contributed by atoms with Gasteiger partial charge in [-0.3, -0.25) is 4.79 Å². The van der Waals surface area contributed by atoms with Crippen molar-refractivity contribution in [2.75, 3.05) is 13.7 Å². The Balaban J connectivity index is 1.93. The summed E-state index contributed by atoms with van der Waals surface area (Å²) < 4.78 is 5.33. The van der Waals surface area contributed by atoms with E-state index in [2.05, 4.69) is 18.2 Å². The smallest absolute Gasteiger partial charge is 0.223 e. The molecular weight excluding hydrogens is 300 g/mol. The Morgan fingerprint density at radius 2 is 2.00 bits per heavy atom. The number of nitrogens with two attached hydrogens (primary N) is 1. The zero-order chi connectivity index (χ0) is 16.9. The lowest BCUT2D eigenvalue weighted by molar-refractivity contribution is -0.135. The van der Waals surface area contributed by atoms with Crippen LogP contribution in [0.1, 0.15) is 35.6 Å². The molecule has 0 fully saturated rings. The lowest BCUT2D eigenvalue weighted by atomic mass is 9.89. The van der Waals surface area contributed by atoms with Gasteiger partial charge in [0, 0.05) is 13.0 Å². The molecule has 0 saturated carbocycles. The summed E-state index contributed by atoms with van der Waals surface area (Å²) in [5.74, 6) is 1.00. The van der Waals surface area contributed by atoms with E-state index in [4.69, 9.17) is 10.5 Å². The number of rotatable bonds is 5. The SMILES string of the molecule is COc1ccc2c(c1)CN(C(=O)CCCN)C(c1ccccc1)C2. The monoisotopic (exact) mass is 324 g/mol. The molecule has 2 N–H and O–H groups in total. The van der Waals surface area contributed by atoms with E-state index in [1.165, 1.54) is 16.7 Å². The summed E-state index contributed by atoms with van der Waals surface area (Å²) in [4.78, 5) is 14.7. The highest BCUT2D eigenvalue weighted by Crippen LogP contribution is 2.35. The van der Waals surface area contributed by atoms with E-state index in [-0.39, 0.29) is 11.9 Å². The van der Waals surface area contributed by atoms with Crippen LogP contribution in [0.4, 0.5) is 0 Å². The largest absolute Gasteiger partial charge is 0.497 e. The van der Waals surface area contributed by atoms with E-state index in [1.807, 2.05) is 35.2 Å². The van der Waals surface area contributed by atoms with Crippen molar-refractivity contribution < 1.29 is 9.53 Å². The van der Waals surface area contributed by atoms with Crippen molar-refractivity contribution in [3.63, 3.8) is 0 Å². The lowest BCUT2D eigenvalue weighted by Gasteiger charge is -2.37. The normalized spacial score (nSPS) is 16.6. The number of carbonyl (C=O) groups excluding carboxylic acids is 1. The Morgan fingerprint density at radius 3 is 2.71 bits per heavy atom. The molecule has 24 heavy (non-hydrogen) atoms. The van der Waals surface area contributed by atoms with Crippen LogP contribution in [-0.4, -0.2) is 24.5 Å².